The number of hydrogen-bond acceptors (Lipinski definition) is 4. The summed E-state index contributed by atoms with van der Waals surface area (Å²) in [5, 5.41) is 11.5. The molecule has 2 N–H and O–H groups in total. The van der Waals surface area contributed by atoms with E-state index >= 15 is 0 Å². The minimum atomic E-state index is 0.0490. The van der Waals surface area contributed by atoms with Crippen molar-refractivity contribution in [3.05, 3.63) is 24.3 Å². The third-order valence-corrected chi connectivity index (χ3v) is 3.67. The summed E-state index contributed by atoms with van der Waals surface area (Å²) in [5.74, 6) is 1.33. The summed E-state index contributed by atoms with van der Waals surface area (Å²) in [7, 11) is 0. The summed E-state index contributed by atoms with van der Waals surface area (Å²) in [4.78, 5) is 12.7. The van der Waals surface area contributed by atoms with Crippen LogP contribution in [0.25, 0.3) is 0 Å². The van der Waals surface area contributed by atoms with Crippen LogP contribution in [0.2, 0.25) is 0 Å². The lowest BCUT2D eigenvalue weighted by Gasteiger charge is -2.06. The van der Waals surface area contributed by atoms with Crippen molar-refractivity contribution < 1.29 is 14.6 Å². The highest BCUT2D eigenvalue weighted by molar-refractivity contribution is 8.00. The zero-order chi connectivity index (χ0) is 14.6. The van der Waals surface area contributed by atoms with Gasteiger partial charge in [-0.3, -0.25) is 4.79 Å². The molecule has 0 saturated carbocycles. The molecule has 20 heavy (non-hydrogen) atoms. The average molecular weight is 297 g/mol. The molecular formula is C15H23NO3S. The second-order valence-corrected chi connectivity index (χ2v) is 5.38. The first-order valence-electron chi connectivity index (χ1n) is 6.99. The van der Waals surface area contributed by atoms with Gasteiger partial charge in [-0.25, -0.2) is 0 Å². The summed E-state index contributed by atoms with van der Waals surface area (Å²) in [6.45, 7) is 3.52. The Bertz CT molecular complexity index is 381. The Morgan fingerprint density at radius 3 is 2.65 bits per heavy atom. The molecular weight excluding hydrogens is 274 g/mol. The maximum Gasteiger partial charge on any atom is 0.230 e. The van der Waals surface area contributed by atoms with E-state index in [0.717, 1.165) is 29.9 Å². The summed E-state index contributed by atoms with van der Waals surface area (Å²) in [5.41, 5.74) is 0. The van der Waals surface area contributed by atoms with Gasteiger partial charge in [0.05, 0.1) is 12.4 Å². The first-order valence-corrected chi connectivity index (χ1v) is 7.98. The fourth-order valence-electron chi connectivity index (χ4n) is 1.64. The van der Waals surface area contributed by atoms with Gasteiger partial charge in [0.15, 0.2) is 0 Å². The topological polar surface area (TPSA) is 58.6 Å². The predicted molar refractivity (Wildman–Crippen MR) is 82.3 cm³/mol. The van der Waals surface area contributed by atoms with Gasteiger partial charge in [-0.1, -0.05) is 0 Å². The quantitative estimate of drug-likeness (QED) is 0.514. The van der Waals surface area contributed by atoms with E-state index in [1.807, 2.05) is 31.2 Å². The first-order chi connectivity index (χ1) is 9.76. The monoisotopic (exact) mass is 297 g/mol. The van der Waals surface area contributed by atoms with Crippen LogP contribution in [-0.4, -0.2) is 36.5 Å². The lowest BCUT2D eigenvalue weighted by atomic mass is 10.2. The largest absolute Gasteiger partial charge is 0.494 e. The minimum Gasteiger partial charge on any atom is -0.494 e. The van der Waals surface area contributed by atoms with E-state index in [2.05, 4.69) is 5.32 Å². The van der Waals surface area contributed by atoms with Gasteiger partial charge < -0.3 is 15.2 Å². The number of aliphatic hydroxyl groups is 1. The Kier molecular flexibility index (Phi) is 8.91. The molecule has 0 aliphatic rings. The highest BCUT2D eigenvalue weighted by atomic mass is 32.2. The SMILES string of the molecule is CCOc1ccc(SCC(=O)NCCCCCO)cc1. The summed E-state index contributed by atoms with van der Waals surface area (Å²) in [6, 6.07) is 7.76. The zero-order valence-corrected chi connectivity index (χ0v) is 12.7. The fraction of sp³-hybridized carbons (Fsp3) is 0.533. The maximum atomic E-state index is 11.6. The fourth-order valence-corrected chi connectivity index (χ4v) is 2.37. The molecule has 1 rings (SSSR count). The standard InChI is InChI=1S/C15H23NO3S/c1-2-19-13-6-8-14(9-7-13)20-12-15(18)16-10-4-3-5-11-17/h6-9,17H,2-5,10-12H2,1H3,(H,16,18). The van der Waals surface area contributed by atoms with Crippen LogP contribution in [0.5, 0.6) is 5.75 Å². The van der Waals surface area contributed by atoms with Crippen molar-refractivity contribution in [2.45, 2.75) is 31.1 Å². The smallest absolute Gasteiger partial charge is 0.230 e. The number of benzene rings is 1. The molecule has 1 amide bonds. The molecule has 0 fully saturated rings. The van der Waals surface area contributed by atoms with Gasteiger partial charge in [0.1, 0.15) is 5.75 Å². The number of unbranched alkanes of at least 4 members (excludes halogenated alkanes) is 2. The van der Waals surface area contributed by atoms with Crippen LogP contribution in [0.1, 0.15) is 26.2 Å². The Hall–Kier alpha value is -1.20. The van der Waals surface area contributed by atoms with Crippen molar-refractivity contribution in [3.63, 3.8) is 0 Å². The number of thioether (sulfide) groups is 1. The molecule has 0 unspecified atom stereocenters. The van der Waals surface area contributed by atoms with E-state index in [-0.39, 0.29) is 12.5 Å². The Balaban J connectivity index is 2.16. The highest BCUT2D eigenvalue weighted by Gasteiger charge is 2.02. The minimum absolute atomic E-state index is 0.0490. The van der Waals surface area contributed by atoms with Gasteiger partial charge in [-0.05, 0) is 50.5 Å². The van der Waals surface area contributed by atoms with Gasteiger partial charge in [0.2, 0.25) is 5.91 Å². The van der Waals surface area contributed by atoms with Crippen molar-refractivity contribution in [3.8, 4) is 5.75 Å². The van der Waals surface area contributed by atoms with E-state index in [9.17, 15) is 4.79 Å². The van der Waals surface area contributed by atoms with E-state index in [1.165, 1.54) is 11.8 Å². The van der Waals surface area contributed by atoms with Gasteiger partial charge in [-0.15, -0.1) is 11.8 Å². The predicted octanol–water partition coefficient (Wildman–Crippen LogP) is 2.46. The first kappa shape index (κ1) is 16.9. The van der Waals surface area contributed by atoms with Crippen molar-refractivity contribution in [2.75, 3.05) is 25.5 Å². The number of aliphatic hydroxyl groups excluding tert-OH is 1. The molecule has 5 heteroatoms. The average Bonchev–Trinajstić information content (AvgIpc) is 2.47. The number of carbonyl (C=O) groups excluding carboxylic acids is 1. The molecule has 0 aromatic heterocycles. The Morgan fingerprint density at radius 1 is 1.25 bits per heavy atom. The van der Waals surface area contributed by atoms with Crippen LogP contribution < -0.4 is 10.1 Å². The molecule has 0 aliphatic heterocycles. The lowest BCUT2D eigenvalue weighted by molar-refractivity contribution is -0.118. The van der Waals surface area contributed by atoms with Gasteiger partial charge >= 0.3 is 0 Å². The molecule has 0 heterocycles. The zero-order valence-electron chi connectivity index (χ0n) is 11.9. The van der Waals surface area contributed by atoms with Gasteiger partial charge in [0, 0.05) is 18.0 Å². The molecule has 4 nitrogen and oxygen atoms in total. The third-order valence-electron chi connectivity index (χ3n) is 2.66. The van der Waals surface area contributed by atoms with Crippen LogP contribution in [0, 0.1) is 0 Å². The molecule has 0 atom stereocenters. The normalized spacial score (nSPS) is 10.3. The van der Waals surface area contributed by atoms with Crippen molar-refractivity contribution >= 4 is 17.7 Å². The van der Waals surface area contributed by atoms with Crippen molar-refractivity contribution in [1.82, 2.24) is 5.32 Å². The highest BCUT2D eigenvalue weighted by Crippen LogP contribution is 2.21. The van der Waals surface area contributed by atoms with E-state index in [1.54, 1.807) is 0 Å². The summed E-state index contributed by atoms with van der Waals surface area (Å²) in [6.07, 6.45) is 2.67. The van der Waals surface area contributed by atoms with E-state index in [4.69, 9.17) is 9.84 Å². The van der Waals surface area contributed by atoms with Crippen LogP contribution in [0.4, 0.5) is 0 Å². The van der Waals surface area contributed by atoms with E-state index < -0.39 is 0 Å². The van der Waals surface area contributed by atoms with Crippen molar-refractivity contribution in [1.29, 1.82) is 0 Å². The second-order valence-electron chi connectivity index (χ2n) is 4.33. The van der Waals surface area contributed by atoms with Crippen LogP contribution >= 0.6 is 11.8 Å². The van der Waals surface area contributed by atoms with Gasteiger partial charge in [0.25, 0.3) is 0 Å². The molecule has 0 spiro atoms. The second kappa shape index (κ2) is 10.6. The number of hydrogen-bond donors (Lipinski definition) is 2. The number of rotatable bonds is 10. The third kappa shape index (κ3) is 7.40. The lowest BCUT2D eigenvalue weighted by Crippen LogP contribution is -2.26. The van der Waals surface area contributed by atoms with Gasteiger partial charge in [-0.2, -0.15) is 0 Å². The molecule has 0 saturated heterocycles. The Labute approximate surface area is 124 Å². The molecule has 1 aromatic rings. The molecule has 0 bridgehead atoms. The molecule has 0 radical (unpaired) electrons. The Morgan fingerprint density at radius 2 is 2.00 bits per heavy atom. The number of amides is 1. The van der Waals surface area contributed by atoms with Crippen LogP contribution in [0.3, 0.4) is 0 Å². The maximum absolute atomic E-state index is 11.6. The number of nitrogens with one attached hydrogen (secondary N) is 1. The number of ether oxygens (including phenoxy) is 1. The van der Waals surface area contributed by atoms with Crippen LogP contribution in [-0.2, 0) is 4.79 Å². The van der Waals surface area contributed by atoms with E-state index in [0.29, 0.717) is 18.9 Å². The summed E-state index contributed by atoms with van der Waals surface area (Å²) >= 11 is 1.52. The van der Waals surface area contributed by atoms with Crippen LogP contribution in [0.15, 0.2) is 29.2 Å². The summed E-state index contributed by atoms with van der Waals surface area (Å²) < 4.78 is 5.37. The molecule has 1 aromatic carbocycles. The number of carbonyl (C=O) groups is 1. The molecule has 112 valence electrons. The molecule has 0 aliphatic carbocycles. The van der Waals surface area contributed by atoms with Crippen molar-refractivity contribution in [2.24, 2.45) is 0 Å².